The van der Waals surface area contributed by atoms with Crippen molar-refractivity contribution < 1.29 is 9.53 Å². The van der Waals surface area contributed by atoms with Crippen LogP contribution in [0.25, 0.3) is 0 Å². The number of aryl methyl sites for hydroxylation is 1. The average molecular weight is 266 g/mol. The van der Waals surface area contributed by atoms with Crippen LogP contribution in [0.1, 0.15) is 23.5 Å². The Morgan fingerprint density at radius 2 is 2.56 bits per heavy atom. The summed E-state index contributed by atoms with van der Waals surface area (Å²) in [6.45, 7) is 4.57. The van der Waals surface area contributed by atoms with Gasteiger partial charge in [0.15, 0.2) is 5.78 Å². The Morgan fingerprint density at radius 3 is 3.33 bits per heavy atom. The SMILES string of the molecule is Cc1nc(CC(=O)C2CN3CCCC3CO2)cs1. The Bertz CT molecular complexity index is 446. The molecule has 0 saturated carbocycles. The van der Waals surface area contributed by atoms with E-state index in [0.717, 1.165) is 23.8 Å². The summed E-state index contributed by atoms with van der Waals surface area (Å²) in [6.07, 6.45) is 2.61. The van der Waals surface area contributed by atoms with Crippen LogP contribution in [0.2, 0.25) is 0 Å². The molecular formula is C13H18N2O2S. The zero-order chi connectivity index (χ0) is 12.5. The Kier molecular flexibility index (Phi) is 3.46. The Balaban J connectivity index is 1.59. The molecule has 0 bridgehead atoms. The predicted molar refractivity (Wildman–Crippen MR) is 69.9 cm³/mol. The van der Waals surface area contributed by atoms with E-state index in [-0.39, 0.29) is 11.9 Å². The van der Waals surface area contributed by atoms with E-state index in [0.29, 0.717) is 19.1 Å². The summed E-state index contributed by atoms with van der Waals surface area (Å²) in [5, 5.41) is 2.98. The number of hydrogen-bond donors (Lipinski definition) is 0. The lowest BCUT2D eigenvalue weighted by molar-refractivity contribution is -0.137. The molecule has 5 heteroatoms. The maximum atomic E-state index is 12.2. The van der Waals surface area contributed by atoms with Crippen LogP contribution < -0.4 is 0 Å². The normalized spacial score (nSPS) is 28.3. The van der Waals surface area contributed by atoms with Gasteiger partial charge < -0.3 is 4.74 Å². The summed E-state index contributed by atoms with van der Waals surface area (Å²) >= 11 is 1.59. The van der Waals surface area contributed by atoms with Crippen LogP contribution in [0.15, 0.2) is 5.38 Å². The van der Waals surface area contributed by atoms with E-state index >= 15 is 0 Å². The number of rotatable bonds is 3. The van der Waals surface area contributed by atoms with Crippen molar-refractivity contribution in [2.45, 2.75) is 38.3 Å². The molecule has 2 aliphatic rings. The van der Waals surface area contributed by atoms with Crippen LogP contribution in [0, 0.1) is 6.92 Å². The maximum absolute atomic E-state index is 12.2. The number of thiazole rings is 1. The Morgan fingerprint density at radius 1 is 1.67 bits per heavy atom. The highest BCUT2D eigenvalue weighted by atomic mass is 32.1. The second-order valence-corrected chi connectivity index (χ2v) is 6.18. The summed E-state index contributed by atoms with van der Waals surface area (Å²) < 4.78 is 5.72. The summed E-state index contributed by atoms with van der Waals surface area (Å²) in [7, 11) is 0. The molecule has 1 aromatic rings. The maximum Gasteiger partial charge on any atom is 0.168 e. The second kappa shape index (κ2) is 5.07. The van der Waals surface area contributed by atoms with Gasteiger partial charge in [-0.15, -0.1) is 11.3 Å². The fraction of sp³-hybridized carbons (Fsp3) is 0.692. The molecule has 3 heterocycles. The first-order valence-electron chi connectivity index (χ1n) is 6.52. The predicted octanol–water partition coefficient (Wildman–Crippen LogP) is 1.43. The molecule has 18 heavy (non-hydrogen) atoms. The quantitative estimate of drug-likeness (QED) is 0.830. The summed E-state index contributed by atoms with van der Waals surface area (Å²) in [5.41, 5.74) is 0.884. The first-order valence-corrected chi connectivity index (χ1v) is 7.40. The van der Waals surface area contributed by atoms with E-state index in [9.17, 15) is 4.79 Å². The van der Waals surface area contributed by atoms with Gasteiger partial charge in [-0.3, -0.25) is 9.69 Å². The molecule has 0 aromatic carbocycles. The number of ketones is 1. The van der Waals surface area contributed by atoms with Crippen LogP contribution in [-0.2, 0) is 16.0 Å². The number of aromatic nitrogens is 1. The fourth-order valence-corrected chi connectivity index (χ4v) is 3.41. The number of fused-ring (bicyclic) bond motifs is 1. The number of carbonyl (C=O) groups is 1. The van der Waals surface area contributed by atoms with E-state index < -0.39 is 0 Å². The molecule has 98 valence electrons. The minimum atomic E-state index is -0.249. The van der Waals surface area contributed by atoms with Crippen LogP contribution >= 0.6 is 11.3 Å². The van der Waals surface area contributed by atoms with Crippen LogP contribution in [0.3, 0.4) is 0 Å². The van der Waals surface area contributed by atoms with Gasteiger partial charge in [0.1, 0.15) is 6.10 Å². The van der Waals surface area contributed by atoms with Crippen molar-refractivity contribution in [2.75, 3.05) is 19.7 Å². The minimum absolute atomic E-state index is 0.172. The first-order chi connectivity index (χ1) is 8.72. The third-order valence-corrected chi connectivity index (χ3v) is 4.59. The van der Waals surface area contributed by atoms with Crippen molar-refractivity contribution in [1.29, 1.82) is 0 Å². The molecule has 1 aromatic heterocycles. The largest absolute Gasteiger partial charge is 0.367 e. The Hall–Kier alpha value is -0.780. The van der Waals surface area contributed by atoms with Gasteiger partial charge >= 0.3 is 0 Å². The van der Waals surface area contributed by atoms with Crippen molar-refractivity contribution in [1.82, 2.24) is 9.88 Å². The lowest BCUT2D eigenvalue weighted by Gasteiger charge is -2.34. The number of nitrogens with zero attached hydrogens (tertiary/aromatic N) is 2. The smallest absolute Gasteiger partial charge is 0.168 e. The topological polar surface area (TPSA) is 42.4 Å². The highest BCUT2D eigenvalue weighted by Gasteiger charge is 2.35. The molecule has 0 spiro atoms. The van der Waals surface area contributed by atoms with Gasteiger partial charge in [-0.05, 0) is 26.3 Å². The number of hydrogen-bond acceptors (Lipinski definition) is 5. The van der Waals surface area contributed by atoms with Gasteiger partial charge in [-0.1, -0.05) is 0 Å². The second-order valence-electron chi connectivity index (χ2n) is 5.11. The lowest BCUT2D eigenvalue weighted by atomic mass is 10.1. The average Bonchev–Trinajstić information content (AvgIpc) is 2.96. The molecule has 2 unspecified atom stereocenters. The van der Waals surface area contributed by atoms with E-state index in [1.54, 1.807) is 11.3 Å². The molecule has 0 N–H and O–H groups in total. The molecule has 4 nitrogen and oxygen atoms in total. The number of ether oxygens (including phenoxy) is 1. The molecule has 2 aliphatic heterocycles. The highest BCUT2D eigenvalue weighted by Crippen LogP contribution is 2.23. The molecule has 2 atom stereocenters. The van der Waals surface area contributed by atoms with Crippen LogP contribution in [0.5, 0.6) is 0 Å². The van der Waals surface area contributed by atoms with Gasteiger partial charge in [0.25, 0.3) is 0 Å². The molecule has 0 radical (unpaired) electrons. The third-order valence-electron chi connectivity index (χ3n) is 3.77. The van der Waals surface area contributed by atoms with Crippen molar-refractivity contribution >= 4 is 17.1 Å². The van der Waals surface area contributed by atoms with Gasteiger partial charge in [0.05, 0.1) is 23.7 Å². The van der Waals surface area contributed by atoms with Crippen molar-refractivity contribution in [3.8, 4) is 0 Å². The molecule has 0 amide bonds. The van der Waals surface area contributed by atoms with Crippen molar-refractivity contribution in [3.05, 3.63) is 16.1 Å². The summed E-state index contributed by atoms with van der Waals surface area (Å²) in [4.78, 5) is 18.9. The Labute approximate surface area is 111 Å². The van der Waals surface area contributed by atoms with Crippen molar-refractivity contribution in [3.63, 3.8) is 0 Å². The molecule has 0 aliphatic carbocycles. The van der Waals surface area contributed by atoms with E-state index in [1.807, 2.05) is 12.3 Å². The lowest BCUT2D eigenvalue weighted by Crippen LogP contribution is -2.49. The zero-order valence-electron chi connectivity index (χ0n) is 10.6. The molecule has 3 rings (SSSR count). The van der Waals surface area contributed by atoms with Gasteiger partial charge in [0.2, 0.25) is 0 Å². The number of morpholine rings is 1. The third kappa shape index (κ3) is 2.48. The number of Topliss-reactive ketones (excluding diaryl/α,β-unsaturated/α-hetero) is 1. The van der Waals surface area contributed by atoms with Gasteiger partial charge in [0, 0.05) is 18.0 Å². The van der Waals surface area contributed by atoms with E-state index in [4.69, 9.17) is 4.74 Å². The van der Waals surface area contributed by atoms with Gasteiger partial charge in [-0.2, -0.15) is 0 Å². The number of carbonyl (C=O) groups excluding carboxylic acids is 1. The van der Waals surface area contributed by atoms with Crippen LogP contribution in [-0.4, -0.2) is 47.5 Å². The molecule has 2 fully saturated rings. The highest BCUT2D eigenvalue weighted by molar-refractivity contribution is 7.09. The van der Waals surface area contributed by atoms with Gasteiger partial charge in [-0.25, -0.2) is 4.98 Å². The summed E-state index contributed by atoms with van der Waals surface area (Å²) in [5.74, 6) is 0.172. The minimum Gasteiger partial charge on any atom is -0.367 e. The standard InChI is InChI=1S/C13H18N2O2S/c1-9-14-10(8-18-9)5-12(16)13-6-15-4-2-3-11(15)7-17-13/h8,11,13H,2-7H2,1H3. The monoisotopic (exact) mass is 266 g/mol. The summed E-state index contributed by atoms with van der Waals surface area (Å²) in [6, 6.07) is 0.551. The van der Waals surface area contributed by atoms with Crippen molar-refractivity contribution in [2.24, 2.45) is 0 Å². The fourth-order valence-electron chi connectivity index (χ4n) is 2.79. The zero-order valence-corrected chi connectivity index (χ0v) is 11.4. The molecular weight excluding hydrogens is 248 g/mol. The van der Waals surface area contributed by atoms with Crippen LogP contribution in [0.4, 0.5) is 0 Å². The first kappa shape index (κ1) is 12.3. The van der Waals surface area contributed by atoms with E-state index in [1.165, 1.54) is 12.8 Å². The van der Waals surface area contributed by atoms with E-state index in [2.05, 4.69) is 9.88 Å². The molecule has 2 saturated heterocycles.